The molecule has 1 fully saturated rings. The Balaban J connectivity index is 2.64. The molecule has 0 aromatic rings. The molecule has 18 heavy (non-hydrogen) atoms. The van der Waals surface area contributed by atoms with Crippen LogP contribution in [0.5, 0.6) is 0 Å². The number of hydrogen-bond acceptors (Lipinski definition) is 2. The zero-order chi connectivity index (χ0) is 13.7. The minimum Gasteiger partial charge on any atom is -0.315 e. The van der Waals surface area contributed by atoms with Crippen LogP contribution >= 0.6 is 0 Å². The molecule has 0 aliphatic carbocycles. The van der Waals surface area contributed by atoms with Gasteiger partial charge >= 0.3 is 0 Å². The van der Waals surface area contributed by atoms with Crippen LogP contribution in [-0.2, 0) is 0 Å². The van der Waals surface area contributed by atoms with Crippen LogP contribution in [0.2, 0.25) is 0 Å². The van der Waals surface area contributed by atoms with Crippen molar-refractivity contribution in [3.05, 3.63) is 0 Å². The molecule has 4 atom stereocenters. The molecule has 0 aromatic heterocycles. The molecular weight excluding hydrogens is 220 g/mol. The maximum Gasteiger partial charge on any atom is 0.0246 e. The maximum absolute atomic E-state index is 3.62. The monoisotopic (exact) mass is 254 g/mol. The van der Waals surface area contributed by atoms with Gasteiger partial charge in [0.2, 0.25) is 0 Å². The summed E-state index contributed by atoms with van der Waals surface area (Å²) in [7, 11) is 0. The van der Waals surface area contributed by atoms with E-state index in [0.29, 0.717) is 6.04 Å². The second-order valence-corrected chi connectivity index (χ2v) is 6.77. The van der Waals surface area contributed by atoms with Crippen molar-refractivity contribution in [2.24, 2.45) is 17.8 Å². The molecule has 2 nitrogen and oxygen atoms in total. The van der Waals surface area contributed by atoms with E-state index in [9.17, 15) is 0 Å². The van der Waals surface area contributed by atoms with E-state index in [1.165, 1.54) is 19.4 Å². The van der Waals surface area contributed by atoms with Gasteiger partial charge in [0.05, 0.1) is 0 Å². The van der Waals surface area contributed by atoms with Crippen LogP contribution in [0.25, 0.3) is 0 Å². The molecule has 0 amide bonds. The highest BCUT2D eigenvalue weighted by Gasteiger charge is 2.34. The summed E-state index contributed by atoms with van der Waals surface area (Å²) >= 11 is 0. The summed E-state index contributed by atoms with van der Waals surface area (Å²) in [5.74, 6) is 2.42. The summed E-state index contributed by atoms with van der Waals surface area (Å²) in [5.41, 5.74) is 0. The number of likely N-dealkylation sites (tertiary alicyclic amines) is 1. The van der Waals surface area contributed by atoms with Gasteiger partial charge < -0.3 is 5.32 Å². The minimum absolute atomic E-state index is 0.691. The SMILES string of the molecule is CCCNCC(C(C)C)N1CC(C)CC(C)C1C. The fourth-order valence-electron chi connectivity index (χ4n) is 3.36. The molecule has 1 aliphatic rings. The molecule has 0 spiro atoms. The van der Waals surface area contributed by atoms with Crippen LogP contribution in [0.4, 0.5) is 0 Å². The fraction of sp³-hybridized carbons (Fsp3) is 1.00. The Hall–Kier alpha value is -0.0800. The molecule has 108 valence electrons. The number of hydrogen-bond donors (Lipinski definition) is 1. The third-order valence-electron chi connectivity index (χ3n) is 4.62. The lowest BCUT2D eigenvalue weighted by Crippen LogP contribution is -2.55. The summed E-state index contributed by atoms with van der Waals surface area (Å²) < 4.78 is 0. The van der Waals surface area contributed by atoms with Gasteiger partial charge in [-0.05, 0) is 44.1 Å². The van der Waals surface area contributed by atoms with Gasteiger partial charge in [-0.2, -0.15) is 0 Å². The van der Waals surface area contributed by atoms with Crippen molar-refractivity contribution < 1.29 is 0 Å². The van der Waals surface area contributed by atoms with Crippen molar-refractivity contribution in [3.63, 3.8) is 0 Å². The van der Waals surface area contributed by atoms with Crippen LogP contribution in [0, 0.1) is 17.8 Å². The maximum atomic E-state index is 3.62. The van der Waals surface area contributed by atoms with Crippen molar-refractivity contribution in [1.82, 2.24) is 10.2 Å². The lowest BCUT2D eigenvalue weighted by Gasteiger charge is -2.47. The van der Waals surface area contributed by atoms with Crippen LogP contribution in [-0.4, -0.2) is 36.6 Å². The zero-order valence-electron chi connectivity index (χ0n) is 13.4. The first-order valence-corrected chi connectivity index (χ1v) is 7.93. The molecule has 0 radical (unpaired) electrons. The lowest BCUT2D eigenvalue weighted by atomic mass is 9.83. The molecule has 1 rings (SSSR count). The topological polar surface area (TPSA) is 15.3 Å². The first-order chi connectivity index (χ1) is 8.47. The van der Waals surface area contributed by atoms with Gasteiger partial charge in [-0.25, -0.2) is 0 Å². The molecule has 0 bridgehead atoms. The highest BCUT2D eigenvalue weighted by molar-refractivity contribution is 4.88. The Bertz CT molecular complexity index is 227. The number of nitrogens with one attached hydrogen (secondary N) is 1. The van der Waals surface area contributed by atoms with Gasteiger partial charge in [0.25, 0.3) is 0 Å². The predicted octanol–water partition coefficient (Wildman–Crippen LogP) is 3.38. The number of rotatable bonds is 6. The largest absolute Gasteiger partial charge is 0.315 e. The highest BCUT2D eigenvalue weighted by atomic mass is 15.2. The number of nitrogens with zero attached hydrogens (tertiary/aromatic N) is 1. The molecule has 1 N–H and O–H groups in total. The van der Waals surface area contributed by atoms with Gasteiger partial charge in [0, 0.05) is 25.2 Å². The quantitative estimate of drug-likeness (QED) is 0.731. The summed E-state index contributed by atoms with van der Waals surface area (Å²) in [6, 6.07) is 1.42. The Labute approximate surface area is 115 Å². The van der Waals surface area contributed by atoms with Gasteiger partial charge in [0.15, 0.2) is 0 Å². The fourth-order valence-corrected chi connectivity index (χ4v) is 3.36. The van der Waals surface area contributed by atoms with Crippen molar-refractivity contribution >= 4 is 0 Å². The van der Waals surface area contributed by atoms with E-state index in [-0.39, 0.29) is 0 Å². The lowest BCUT2D eigenvalue weighted by molar-refractivity contribution is 0.0226. The molecule has 1 saturated heterocycles. The second-order valence-electron chi connectivity index (χ2n) is 6.77. The molecule has 1 aliphatic heterocycles. The Morgan fingerprint density at radius 2 is 1.89 bits per heavy atom. The standard InChI is InChI=1S/C16H34N2/c1-7-8-17-10-16(12(2)3)18-11-13(4)9-14(5)15(18)6/h12-17H,7-11H2,1-6H3. The van der Waals surface area contributed by atoms with E-state index in [1.54, 1.807) is 0 Å². The highest BCUT2D eigenvalue weighted by Crippen LogP contribution is 2.30. The third-order valence-corrected chi connectivity index (χ3v) is 4.62. The van der Waals surface area contributed by atoms with E-state index in [2.05, 4.69) is 51.8 Å². The third kappa shape index (κ3) is 4.24. The Morgan fingerprint density at radius 1 is 1.22 bits per heavy atom. The van der Waals surface area contributed by atoms with Crippen molar-refractivity contribution in [1.29, 1.82) is 0 Å². The summed E-state index contributed by atoms with van der Waals surface area (Å²) in [5, 5.41) is 3.62. The van der Waals surface area contributed by atoms with Gasteiger partial charge in [0.1, 0.15) is 0 Å². The van der Waals surface area contributed by atoms with Gasteiger partial charge in [-0.15, -0.1) is 0 Å². The molecular formula is C16H34N2. The molecule has 4 unspecified atom stereocenters. The molecule has 2 heteroatoms. The van der Waals surface area contributed by atoms with E-state index in [0.717, 1.165) is 36.9 Å². The van der Waals surface area contributed by atoms with Gasteiger partial charge in [-0.3, -0.25) is 4.90 Å². The Morgan fingerprint density at radius 3 is 2.44 bits per heavy atom. The number of piperidine rings is 1. The van der Waals surface area contributed by atoms with Crippen molar-refractivity contribution in [2.75, 3.05) is 19.6 Å². The first-order valence-electron chi connectivity index (χ1n) is 7.93. The molecule has 0 saturated carbocycles. The van der Waals surface area contributed by atoms with E-state index in [1.807, 2.05) is 0 Å². The van der Waals surface area contributed by atoms with E-state index in [4.69, 9.17) is 0 Å². The Kier molecular flexibility index (Phi) is 6.65. The van der Waals surface area contributed by atoms with Crippen molar-refractivity contribution in [3.8, 4) is 0 Å². The minimum atomic E-state index is 0.691. The normalized spacial score (nSPS) is 31.8. The summed E-state index contributed by atoms with van der Waals surface area (Å²) in [6.07, 6.45) is 2.62. The molecule has 1 heterocycles. The van der Waals surface area contributed by atoms with E-state index < -0.39 is 0 Å². The van der Waals surface area contributed by atoms with Crippen molar-refractivity contribution in [2.45, 2.75) is 66.5 Å². The summed E-state index contributed by atoms with van der Waals surface area (Å²) in [4.78, 5) is 2.77. The summed E-state index contributed by atoms with van der Waals surface area (Å²) in [6.45, 7) is 17.8. The van der Waals surface area contributed by atoms with E-state index >= 15 is 0 Å². The van der Waals surface area contributed by atoms with Crippen LogP contribution < -0.4 is 5.32 Å². The van der Waals surface area contributed by atoms with Crippen LogP contribution in [0.1, 0.15) is 54.4 Å². The molecule has 0 aromatic carbocycles. The first kappa shape index (κ1) is 16.0. The zero-order valence-corrected chi connectivity index (χ0v) is 13.4. The van der Waals surface area contributed by atoms with Crippen LogP contribution in [0.15, 0.2) is 0 Å². The van der Waals surface area contributed by atoms with Gasteiger partial charge in [-0.1, -0.05) is 34.6 Å². The average molecular weight is 254 g/mol. The average Bonchev–Trinajstić information content (AvgIpc) is 2.29. The predicted molar refractivity (Wildman–Crippen MR) is 80.9 cm³/mol. The van der Waals surface area contributed by atoms with Crippen LogP contribution in [0.3, 0.4) is 0 Å². The second kappa shape index (κ2) is 7.49. The smallest absolute Gasteiger partial charge is 0.0246 e.